The minimum atomic E-state index is -0.0800. The number of hydrogen-bond donors (Lipinski definition) is 4. The van der Waals surface area contributed by atoms with Gasteiger partial charge in [-0.2, -0.15) is 5.10 Å². The maximum absolute atomic E-state index is 11.8. The van der Waals surface area contributed by atoms with E-state index in [9.17, 15) is 9.59 Å². The number of carbonyl (C=O) groups is 2. The number of carbonyl (C=O) groups excluding carboxylic acids is 2. The molecule has 11 heteroatoms. The normalized spacial score (nSPS) is 12.3. The van der Waals surface area contributed by atoms with Crippen LogP contribution in [0.25, 0.3) is 38.3 Å². The predicted molar refractivity (Wildman–Crippen MR) is 149 cm³/mol. The first-order chi connectivity index (χ1) is 18.5. The lowest BCUT2D eigenvalue weighted by Crippen LogP contribution is -2.11. The quantitative estimate of drug-likeness (QED) is 0.214. The predicted octanol–water partition coefficient (Wildman–Crippen LogP) is 5.53. The van der Waals surface area contributed by atoms with Gasteiger partial charge in [0, 0.05) is 46.4 Å². The first-order valence-corrected chi connectivity index (χ1v) is 12.7. The SMILES string of the molecule is CCC(=O)Nc1cncc(-c2cc3c(C4=CNc5c(cncc5-c5ccc(C(C)=O)s5)N4)n[nH]c3cn2)c1. The number of hydrogen-bond acceptors (Lipinski definition) is 9. The molecule has 5 aromatic rings. The molecule has 5 aromatic heterocycles. The molecule has 1 aliphatic rings. The molecule has 4 N–H and O–H groups in total. The van der Waals surface area contributed by atoms with Gasteiger partial charge in [0.25, 0.3) is 0 Å². The van der Waals surface area contributed by atoms with Crippen molar-refractivity contribution in [3.8, 4) is 21.7 Å². The van der Waals surface area contributed by atoms with Crippen molar-refractivity contribution in [3.05, 3.63) is 72.0 Å². The molecule has 188 valence electrons. The highest BCUT2D eigenvalue weighted by atomic mass is 32.1. The highest BCUT2D eigenvalue weighted by molar-refractivity contribution is 7.17. The van der Waals surface area contributed by atoms with E-state index in [2.05, 4.69) is 41.1 Å². The third-order valence-corrected chi connectivity index (χ3v) is 7.36. The van der Waals surface area contributed by atoms with Gasteiger partial charge in [-0.25, -0.2) is 0 Å². The first kappa shape index (κ1) is 23.5. The number of nitrogens with zero attached hydrogens (tertiary/aromatic N) is 4. The van der Waals surface area contributed by atoms with Crippen molar-refractivity contribution in [3.63, 3.8) is 0 Å². The second-order valence-electron chi connectivity index (χ2n) is 8.71. The maximum Gasteiger partial charge on any atom is 0.224 e. The zero-order chi connectivity index (χ0) is 26.2. The Kier molecular flexibility index (Phi) is 5.89. The Bertz CT molecular complexity index is 1750. The second kappa shape index (κ2) is 9.52. The highest BCUT2D eigenvalue weighted by Crippen LogP contribution is 2.41. The van der Waals surface area contributed by atoms with Gasteiger partial charge in [-0.15, -0.1) is 11.3 Å². The largest absolute Gasteiger partial charge is 0.357 e. The molecule has 0 aromatic carbocycles. The topological polar surface area (TPSA) is 138 Å². The van der Waals surface area contributed by atoms with E-state index in [1.54, 1.807) is 44.8 Å². The molecule has 0 saturated heterocycles. The monoisotopic (exact) mass is 522 g/mol. The molecule has 6 heterocycles. The van der Waals surface area contributed by atoms with Crippen molar-refractivity contribution >= 4 is 56.7 Å². The van der Waals surface area contributed by atoms with E-state index in [0.29, 0.717) is 28.4 Å². The Morgan fingerprint density at radius 3 is 2.74 bits per heavy atom. The molecule has 0 atom stereocenters. The van der Waals surface area contributed by atoms with Gasteiger partial charge in [0.05, 0.1) is 57.4 Å². The number of pyridine rings is 3. The van der Waals surface area contributed by atoms with Gasteiger partial charge < -0.3 is 16.0 Å². The van der Waals surface area contributed by atoms with Crippen LogP contribution in [0.4, 0.5) is 17.1 Å². The summed E-state index contributed by atoms with van der Waals surface area (Å²) in [4.78, 5) is 38.5. The smallest absolute Gasteiger partial charge is 0.224 e. The zero-order valence-corrected chi connectivity index (χ0v) is 21.3. The van der Waals surface area contributed by atoms with E-state index in [-0.39, 0.29) is 11.7 Å². The minimum Gasteiger partial charge on any atom is -0.357 e. The summed E-state index contributed by atoms with van der Waals surface area (Å²) >= 11 is 1.44. The number of amides is 1. The van der Waals surface area contributed by atoms with Gasteiger partial charge in [-0.1, -0.05) is 6.92 Å². The number of Topliss-reactive ketones (excluding diaryl/α,β-unsaturated/α-hetero) is 1. The lowest BCUT2D eigenvalue weighted by Gasteiger charge is -2.21. The fraction of sp³-hybridized carbons (Fsp3) is 0.111. The molecule has 38 heavy (non-hydrogen) atoms. The highest BCUT2D eigenvalue weighted by Gasteiger charge is 2.21. The van der Waals surface area contributed by atoms with Gasteiger partial charge in [0.1, 0.15) is 5.69 Å². The lowest BCUT2D eigenvalue weighted by atomic mass is 10.1. The van der Waals surface area contributed by atoms with Crippen LogP contribution >= 0.6 is 11.3 Å². The van der Waals surface area contributed by atoms with E-state index in [1.807, 2.05) is 30.5 Å². The van der Waals surface area contributed by atoms with Crippen molar-refractivity contribution < 1.29 is 9.59 Å². The van der Waals surface area contributed by atoms with E-state index in [0.717, 1.165) is 44.0 Å². The molecular formula is C27H22N8O2S. The van der Waals surface area contributed by atoms with E-state index in [4.69, 9.17) is 0 Å². The zero-order valence-electron chi connectivity index (χ0n) is 20.5. The van der Waals surface area contributed by atoms with Gasteiger partial charge in [-0.3, -0.25) is 29.6 Å². The van der Waals surface area contributed by atoms with Crippen LogP contribution in [0.15, 0.2) is 61.4 Å². The number of ketones is 1. The molecule has 0 aliphatic carbocycles. The van der Waals surface area contributed by atoms with Crippen molar-refractivity contribution in [2.75, 3.05) is 16.0 Å². The average molecular weight is 523 g/mol. The van der Waals surface area contributed by atoms with Crippen LogP contribution in [0, 0.1) is 0 Å². The maximum atomic E-state index is 11.8. The lowest BCUT2D eigenvalue weighted by molar-refractivity contribution is -0.115. The van der Waals surface area contributed by atoms with Crippen LogP contribution < -0.4 is 16.0 Å². The Labute approximate surface area is 221 Å². The number of H-pyrrole nitrogens is 1. The molecule has 0 spiro atoms. The summed E-state index contributed by atoms with van der Waals surface area (Å²) in [5, 5.41) is 18.1. The molecule has 10 nitrogen and oxygen atoms in total. The molecule has 6 rings (SSSR count). The molecule has 0 radical (unpaired) electrons. The Morgan fingerprint density at radius 1 is 1.05 bits per heavy atom. The Hall–Kier alpha value is -4.90. The third-order valence-electron chi connectivity index (χ3n) is 6.14. The van der Waals surface area contributed by atoms with Crippen LogP contribution in [-0.4, -0.2) is 36.8 Å². The van der Waals surface area contributed by atoms with Gasteiger partial charge in [0.15, 0.2) is 5.78 Å². The summed E-state index contributed by atoms with van der Waals surface area (Å²) in [5.41, 5.74) is 6.93. The minimum absolute atomic E-state index is 0.0414. The number of fused-ring (bicyclic) bond motifs is 2. The molecule has 0 unspecified atom stereocenters. The van der Waals surface area contributed by atoms with Crippen LogP contribution in [0.5, 0.6) is 0 Å². The van der Waals surface area contributed by atoms with Crippen molar-refractivity contribution in [1.82, 2.24) is 25.1 Å². The van der Waals surface area contributed by atoms with Crippen LogP contribution in [-0.2, 0) is 4.79 Å². The Balaban J connectivity index is 1.32. The fourth-order valence-corrected chi connectivity index (χ4v) is 5.12. The molecule has 1 amide bonds. The number of thiophene rings is 1. The van der Waals surface area contributed by atoms with Crippen molar-refractivity contribution in [2.24, 2.45) is 0 Å². The van der Waals surface area contributed by atoms with E-state index >= 15 is 0 Å². The fourth-order valence-electron chi connectivity index (χ4n) is 4.20. The second-order valence-corrected chi connectivity index (χ2v) is 9.79. The molecule has 0 fully saturated rings. The van der Waals surface area contributed by atoms with Gasteiger partial charge in [-0.05, 0) is 31.2 Å². The number of aromatic amines is 1. The summed E-state index contributed by atoms with van der Waals surface area (Å²) in [6.07, 6.45) is 10.8. The number of anilines is 3. The molecule has 0 saturated carbocycles. The third kappa shape index (κ3) is 4.28. The van der Waals surface area contributed by atoms with Crippen LogP contribution in [0.2, 0.25) is 0 Å². The average Bonchev–Trinajstić information content (AvgIpc) is 3.60. The summed E-state index contributed by atoms with van der Waals surface area (Å²) in [6, 6.07) is 7.56. The van der Waals surface area contributed by atoms with Crippen LogP contribution in [0.1, 0.15) is 35.6 Å². The van der Waals surface area contributed by atoms with Gasteiger partial charge in [0.2, 0.25) is 5.91 Å². The Morgan fingerprint density at radius 2 is 1.92 bits per heavy atom. The van der Waals surface area contributed by atoms with Crippen molar-refractivity contribution in [1.29, 1.82) is 0 Å². The molecule has 1 aliphatic heterocycles. The summed E-state index contributed by atoms with van der Waals surface area (Å²) in [6.45, 7) is 3.36. The van der Waals surface area contributed by atoms with E-state index in [1.165, 1.54) is 11.3 Å². The summed E-state index contributed by atoms with van der Waals surface area (Å²) in [5.74, 6) is -0.0386. The summed E-state index contributed by atoms with van der Waals surface area (Å²) in [7, 11) is 0. The van der Waals surface area contributed by atoms with Gasteiger partial charge >= 0.3 is 0 Å². The standard InChI is InChI=1S/C27H22N8O2S/c1-3-25(37)32-16-6-15(8-28-9-16)19-7-17-20(12-30-19)34-35-27(17)22-13-31-26-18(10-29-11-21(26)33-22)24-5-4-23(38-24)14(2)36/h4-13,31,33H,3H2,1-2H3,(H,32,37)(H,34,35). The van der Waals surface area contributed by atoms with Crippen molar-refractivity contribution in [2.45, 2.75) is 20.3 Å². The van der Waals surface area contributed by atoms with E-state index < -0.39 is 0 Å². The first-order valence-electron chi connectivity index (χ1n) is 11.9. The summed E-state index contributed by atoms with van der Waals surface area (Å²) < 4.78 is 0. The van der Waals surface area contributed by atoms with Crippen LogP contribution in [0.3, 0.4) is 0 Å². The number of nitrogens with one attached hydrogen (secondary N) is 4. The molecule has 0 bridgehead atoms. The molecular weight excluding hydrogens is 500 g/mol. The number of aromatic nitrogens is 5. The number of rotatable bonds is 6.